The molecular weight excluding hydrogens is 477 g/mol. The van der Waals surface area contributed by atoms with E-state index in [0.29, 0.717) is 21.6 Å². The van der Waals surface area contributed by atoms with Crippen LogP contribution in [-0.2, 0) is 16.0 Å². The van der Waals surface area contributed by atoms with Crippen LogP contribution in [0.25, 0.3) is 17.1 Å². The quantitative estimate of drug-likeness (QED) is 0.296. The van der Waals surface area contributed by atoms with E-state index >= 15 is 0 Å². The number of carbonyl (C=O) groups excluding carboxylic acids is 2. The lowest BCUT2D eigenvalue weighted by atomic mass is 10.1. The molecule has 0 saturated carbocycles. The van der Waals surface area contributed by atoms with Crippen molar-refractivity contribution < 1.29 is 14.0 Å². The van der Waals surface area contributed by atoms with Crippen molar-refractivity contribution in [1.29, 1.82) is 0 Å². The summed E-state index contributed by atoms with van der Waals surface area (Å²) in [6, 6.07) is 22.4. The third-order valence-corrected chi connectivity index (χ3v) is 5.90. The van der Waals surface area contributed by atoms with Crippen LogP contribution in [0.1, 0.15) is 5.56 Å². The van der Waals surface area contributed by atoms with Crippen molar-refractivity contribution >= 4 is 35.2 Å². The van der Waals surface area contributed by atoms with Gasteiger partial charge in [-0.25, -0.2) is 4.39 Å². The van der Waals surface area contributed by atoms with Crippen molar-refractivity contribution in [2.45, 2.75) is 11.6 Å². The molecule has 0 aliphatic rings. The van der Waals surface area contributed by atoms with Crippen LogP contribution >= 0.6 is 23.4 Å². The predicted molar refractivity (Wildman–Crippen MR) is 129 cm³/mol. The summed E-state index contributed by atoms with van der Waals surface area (Å²) in [5, 5.41) is 9.33. The van der Waals surface area contributed by atoms with Crippen LogP contribution in [-0.4, -0.2) is 32.3 Å². The molecule has 0 fully saturated rings. The fraction of sp³-hybridized carbons (Fsp3) is 0.0833. The molecule has 2 N–H and O–H groups in total. The molecule has 0 aliphatic carbocycles. The number of hydrazine groups is 1. The predicted octanol–water partition coefficient (Wildman–Crippen LogP) is 4.21. The fourth-order valence-corrected chi connectivity index (χ4v) is 4.01. The van der Waals surface area contributed by atoms with Crippen LogP contribution in [0, 0.1) is 5.82 Å². The molecule has 0 atom stereocenters. The van der Waals surface area contributed by atoms with Crippen LogP contribution in [0.3, 0.4) is 0 Å². The third kappa shape index (κ3) is 5.81. The largest absolute Gasteiger partial charge is 0.273 e. The first-order chi connectivity index (χ1) is 16.5. The van der Waals surface area contributed by atoms with E-state index in [1.807, 2.05) is 30.3 Å². The highest BCUT2D eigenvalue weighted by molar-refractivity contribution is 7.99. The Kier molecular flexibility index (Phi) is 7.56. The number of hydrogen-bond donors (Lipinski definition) is 2. The van der Waals surface area contributed by atoms with Crippen LogP contribution < -0.4 is 10.9 Å². The minimum absolute atomic E-state index is 0.0382. The number of rotatable bonds is 7. The van der Waals surface area contributed by atoms with E-state index in [0.717, 1.165) is 23.0 Å². The molecule has 1 aromatic heterocycles. The molecule has 7 nitrogen and oxygen atoms in total. The van der Waals surface area contributed by atoms with Gasteiger partial charge in [-0.15, -0.1) is 10.2 Å². The van der Waals surface area contributed by atoms with E-state index < -0.39 is 11.7 Å². The molecular formula is C24H19ClFN5O2S. The number of nitrogens with one attached hydrogen (secondary N) is 2. The van der Waals surface area contributed by atoms with Gasteiger partial charge in [-0.3, -0.25) is 25.0 Å². The second-order valence-electron chi connectivity index (χ2n) is 7.15. The standard InChI is InChI=1S/C24H19ClFN5O2S/c25-17-12-10-16(11-13-17)14-21(32)27-28-22(33)15-34-24-30-29-23(19-8-4-5-9-20(19)26)31(24)18-6-2-1-3-7-18/h1-13H,14-15H2,(H,27,32)(H,28,33). The molecule has 0 bridgehead atoms. The first-order valence-electron chi connectivity index (χ1n) is 10.2. The summed E-state index contributed by atoms with van der Waals surface area (Å²) in [6.07, 6.45) is 0.0962. The van der Waals surface area contributed by atoms with E-state index in [2.05, 4.69) is 21.0 Å². The third-order valence-electron chi connectivity index (χ3n) is 4.71. The molecule has 4 rings (SSSR count). The maximum Gasteiger partial charge on any atom is 0.248 e. The van der Waals surface area contributed by atoms with Gasteiger partial charge in [0.1, 0.15) is 5.82 Å². The molecule has 1 heterocycles. The molecule has 0 spiro atoms. The number of amides is 2. The van der Waals surface area contributed by atoms with E-state index in [1.54, 1.807) is 47.0 Å². The number of hydrogen-bond acceptors (Lipinski definition) is 5. The zero-order chi connectivity index (χ0) is 23.9. The first-order valence-corrected chi connectivity index (χ1v) is 11.6. The zero-order valence-corrected chi connectivity index (χ0v) is 19.3. The monoisotopic (exact) mass is 495 g/mol. The molecule has 34 heavy (non-hydrogen) atoms. The Morgan fingerprint density at radius 1 is 0.882 bits per heavy atom. The average Bonchev–Trinajstić information content (AvgIpc) is 3.27. The summed E-state index contributed by atoms with van der Waals surface area (Å²) in [4.78, 5) is 24.4. The molecule has 172 valence electrons. The van der Waals surface area contributed by atoms with Gasteiger partial charge in [-0.1, -0.05) is 65.8 Å². The zero-order valence-electron chi connectivity index (χ0n) is 17.7. The number of para-hydroxylation sites is 1. The number of aromatic nitrogens is 3. The van der Waals surface area contributed by atoms with Gasteiger partial charge in [0.2, 0.25) is 11.8 Å². The van der Waals surface area contributed by atoms with Crippen LogP contribution in [0.5, 0.6) is 0 Å². The lowest BCUT2D eigenvalue weighted by molar-refractivity contribution is -0.127. The second-order valence-corrected chi connectivity index (χ2v) is 8.52. The number of halogens is 2. The van der Waals surface area contributed by atoms with Gasteiger partial charge in [-0.05, 0) is 42.0 Å². The second kappa shape index (κ2) is 11.0. The lowest BCUT2D eigenvalue weighted by Crippen LogP contribution is -2.43. The maximum atomic E-state index is 14.4. The van der Waals surface area contributed by atoms with Crippen LogP contribution in [0.15, 0.2) is 84.0 Å². The molecule has 10 heteroatoms. The summed E-state index contributed by atoms with van der Waals surface area (Å²) in [6.45, 7) is 0. The number of nitrogens with zero attached hydrogens (tertiary/aromatic N) is 3. The number of benzene rings is 3. The smallest absolute Gasteiger partial charge is 0.248 e. The SMILES string of the molecule is O=C(CSc1nnc(-c2ccccc2F)n1-c1ccccc1)NNC(=O)Cc1ccc(Cl)cc1. The molecule has 2 amide bonds. The number of carbonyl (C=O) groups is 2. The van der Waals surface area contributed by atoms with Crippen molar-refractivity contribution in [2.24, 2.45) is 0 Å². The van der Waals surface area contributed by atoms with E-state index in [9.17, 15) is 14.0 Å². The normalized spacial score (nSPS) is 10.6. The van der Waals surface area contributed by atoms with Gasteiger partial charge in [0.25, 0.3) is 0 Å². The lowest BCUT2D eigenvalue weighted by Gasteiger charge is -2.11. The maximum absolute atomic E-state index is 14.4. The van der Waals surface area contributed by atoms with Crippen molar-refractivity contribution in [1.82, 2.24) is 25.6 Å². The molecule has 3 aromatic carbocycles. The minimum atomic E-state index is -0.426. The molecule has 0 unspecified atom stereocenters. The van der Waals surface area contributed by atoms with Crippen molar-refractivity contribution in [3.05, 3.63) is 95.3 Å². The van der Waals surface area contributed by atoms with Crippen LogP contribution in [0.2, 0.25) is 5.02 Å². The van der Waals surface area contributed by atoms with Crippen molar-refractivity contribution in [3.63, 3.8) is 0 Å². The highest BCUT2D eigenvalue weighted by atomic mass is 35.5. The van der Waals surface area contributed by atoms with Gasteiger partial charge in [-0.2, -0.15) is 0 Å². The van der Waals surface area contributed by atoms with Crippen molar-refractivity contribution in [3.8, 4) is 17.1 Å². The summed E-state index contributed by atoms with van der Waals surface area (Å²) >= 11 is 6.96. The Balaban J connectivity index is 1.42. The van der Waals surface area contributed by atoms with E-state index in [-0.39, 0.29) is 18.1 Å². The van der Waals surface area contributed by atoms with Gasteiger partial charge >= 0.3 is 0 Å². The Labute approximate surface area is 204 Å². The molecule has 0 saturated heterocycles. The Hall–Kier alpha value is -3.69. The summed E-state index contributed by atoms with van der Waals surface area (Å²) in [7, 11) is 0. The Morgan fingerprint density at radius 2 is 1.56 bits per heavy atom. The average molecular weight is 496 g/mol. The van der Waals surface area contributed by atoms with Gasteiger partial charge in [0.05, 0.1) is 17.7 Å². The molecule has 4 aromatic rings. The van der Waals surface area contributed by atoms with Gasteiger partial charge in [0.15, 0.2) is 11.0 Å². The van der Waals surface area contributed by atoms with Gasteiger partial charge < -0.3 is 0 Å². The first kappa shape index (κ1) is 23.5. The highest BCUT2D eigenvalue weighted by Gasteiger charge is 2.19. The van der Waals surface area contributed by atoms with Crippen molar-refractivity contribution in [2.75, 3.05) is 5.75 Å². The van der Waals surface area contributed by atoms with Crippen LogP contribution in [0.4, 0.5) is 4.39 Å². The minimum Gasteiger partial charge on any atom is -0.273 e. The summed E-state index contributed by atoms with van der Waals surface area (Å²) < 4.78 is 16.1. The Bertz CT molecular complexity index is 1300. The summed E-state index contributed by atoms with van der Waals surface area (Å²) in [5.74, 6) is -0.934. The number of thioether (sulfide) groups is 1. The topological polar surface area (TPSA) is 88.9 Å². The molecule has 0 radical (unpaired) electrons. The van der Waals surface area contributed by atoms with E-state index in [1.165, 1.54) is 6.07 Å². The highest BCUT2D eigenvalue weighted by Crippen LogP contribution is 2.29. The summed E-state index contributed by atoms with van der Waals surface area (Å²) in [5.41, 5.74) is 6.57. The van der Waals surface area contributed by atoms with E-state index in [4.69, 9.17) is 11.6 Å². The Morgan fingerprint density at radius 3 is 2.29 bits per heavy atom. The fourth-order valence-electron chi connectivity index (χ4n) is 3.13. The van der Waals surface area contributed by atoms with Gasteiger partial charge in [0, 0.05) is 10.7 Å². The molecule has 0 aliphatic heterocycles.